The van der Waals surface area contributed by atoms with Crippen LogP contribution in [0.5, 0.6) is 0 Å². The van der Waals surface area contributed by atoms with E-state index in [1.807, 2.05) is 24.6 Å². The standard InChI is InChI=1S/C35H40F3N7O4/c1-21-15-22(2)45(44-21)14-13-42-35(47)48-20-28-17-40-16-27(49-28)11-12-29-30(38)18-41-19-31(29)43-34(46)33(39)32(23-3-7-25(36)8-4-23)24-5-9-26(37)10-6-24/h3-10,15,18-19,27-28,32-33,40H,11-14,16-17,20,39H2,1-2H3,(H,42,47)(H,43,46)/t27-,28+,33?/m1/s1. The molecule has 0 spiro atoms. The van der Waals surface area contributed by atoms with E-state index in [2.05, 4.69) is 26.0 Å². The van der Waals surface area contributed by atoms with Crippen LogP contribution in [0.3, 0.4) is 0 Å². The lowest BCUT2D eigenvalue weighted by Crippen LogP contribution is -2.47. The second-order valence-electron chi connectivity index (χ2n) is 12.0. The summed E-state index contributed by atoms with van der Waals surface area (Å²) in [4.78, 5) is 29.7. The third kappa shape index (κ3) is 9.65. The summed E-state index contributed by atoms with van der Waals surface area (Å²) in [6, 6.07) is 11.8. The number of ether oxygens (including phenoxy) is 2. The summed E-state index contributed by atoms with van der Waals surface area (Å²) in [6.07, 6.45) is 1.71. The summed E-state index contributed by atoms with van der Waals surface area (Å²) in [5.74, 6) is -2.91. The lowest BCUT2D eigenvalue weighted by atomic mass is 9.85. The Morgan fingerprint density at radius 2 is 1.67 bits per heavy atom. The van der Waals surface area contributed by atoms with Crippen LogP contribution in [0.2, 0.25) is 0 Å². The van der Waals surface area contributed by atoms with Crippen LogP contribution >= 0.6 is 0 Å². The maximum Gasteiger partial charge on any atom is 0.407 e. The van der Waals surface area contributed by atoms with Crippen molar-refractivity contribution in [3.63, 3.8) is 0 Å². The highest BCUT2D eigenvalue weighted by atomic mass is 19.1. The Balaban J connectivity index is 1.16. The number of pyridine rings is 1. The van der Waals surface area contributed by atoms with E-state index in [0.717, 1.165) is 17.6 Å². The first-order valence-electron chi connectivity index (χ1n) is 16.0. The Bertz CT molecular complexity index is 1670. The highest BCUT2D eigenvalue weighted by Gasteiger charge is 2.29. The molecule has 11 nitrogen and oxygen atoms in total. The van der Waals surface area contributed by atoms with E-state index >= 15 is 4.39 Å². The van der Waals surface area contributed by atoms with Crippen LogP contribution in [-0.4, -0.2) is 71.3 Å². The quantitative estimate of drug-likeness (QED) is 0.165. The van der Waals surface area contributed by atoms with Gasteiger partial charge in [-0.2, -0.15) is 5.10 Å². The number of aromatic nitrogens is 3. The van der Waals surface area contributed by atoms with E-state index in [4.69, 9.17) is 15.2 Å². The van der Waals surface area contributed by atoms with E-state index in [1.165, 1.54) is 54.7 Å². The lowest BCUT2D eigenvalue weighted by Gasteiger charge is -2.31. The minimum absolute atomic E-state index is 0.0291. The van der Waals surface area contributed by atoms with E-state index in [-0.39, 0.29) is 30.4 Å². The molecule has 3 heterocycles. The first-order valence-corrected chi connectivity index (χ1v) is 16.0. The topological polar surface area (TPSA) is 145 Å². The number of amides is 2. The second-order valence-corrected chi connectivity index (χ2v) is 12.0. The van der Waals surface area contributed by atoms with Crippen LogP contribution in [0, 0.1) is 31.3 Å². The lowest BCUT2D eigenvalue weighted by molar-refractivity contribution is -0.117. The van der Waals surface area contributed by atoms with E-state index < -0.39 is 47.5 Å². The molecule has 3 atom stereocenters. The van der Waals surface area contributed by atoms with Crippen molar-refractivity contribution in [3.05, 3.63) is 113 Å². The van der Waals surface area contributed by atoms with Crippen LogP contribution in [0.15, 0.2) is 67.0 Å². The van der Waals surface area contributed by atoms with Gasteiger partial charge < -0.3 is 31.2 Å². The third-order valence-electron chi connectivity index (χ3n) is 8.32. The Labute approximate surface area is 282 Å². The van der Waals surface area contributed by atoms with Gasteiger partial charge in [-0.25, -0.2) is 18.0 Å². The van der Waals surface area contributed by atoms with Gasteiger partial charge in [-0.15, -0.1) is 0 Å². The summed E-state index contributed by atoms with van der Waals surface area (Å²) in [5, 5.41) is 13.0. The Hall–Kier alpha value is -4.79. The third-order valence-corrected chi connectivity index (χ3v) is 8.32. The van der Waals surface area contributed by atoms with Crippen molar-refractivity contribution >= 4 is 17.7 Å². The number of rotatable bonds is 13. The van der Waals surface area contributed by atoms with Gasteiger partial charge in [0.15, 0.2) is 0 Å². The smallest absolute Gasteiger partial charge is 0.407 e. The fourth-order valence-corrected chi connectivity index (χ4v) is 5.87. The summed E-state index contributed by atoms with van der Waals surface area (Å²) >= 11 is 0. The van der Waals surface area contributed by atoms with Crippen LogP contribution in [0.25, 0.3) is 0 Å². The number of halogens is 3. The molecule has 4 aromatic rings. The highest BCUT2D eigenvalue weighted by Crippen LogP contribution is 2.29. The predicted molar refractivity (Wildman–Crippen MR) is 176 cm³/mol. The molecule has 2 aromatic heterocycles. The molecule has 1 aliphatic heterocycles. The van der Waals surface area contributed by atoms with Gasteiger partial charge in [-0.1, -0.05) is 24.3 Å². The van der Waals surface area contributed by atoms with Gasteiger partial charge in [-0.05, 0) is 68.1 Å². The molecule has 1 unspecified atom stereocenters. The number of aryl methyl sites for hydroxylation is 2. The van der Waals surface area contributed by atoms with Crippen LogP contribution in [0.4, 0.5) is 23.7 Å². The number of alkyl carbamates (subject to hydrolysis) is 1. The van der Waals surface area contributed by atoms with Gasteiger partial charge in [-0.3, -0.25) is 14.5 Å². The molecular weight excluding hydrogens is 639 g/mol. The predicted octanol–water partition coefficient (Wildman–Crippen LogP) is 4.13. The molecule has 14 heteroatoms. The number of nitrogens with two attached hydrogens (primary N) is 1. The highest BCUT2D eigenvalue weighted by molar-refractivity contribution is 5.96. The number of anilines is 1. The molecule has 1 saturated heterocycles. The SMILES string of the molecule is Cc1cc(C)n(CCNC(=O)OC[C@@H]2CNC[C@@H](CCc3c(F)cncc3NC(=O)C(N)C(c3ccc(F)cc3)c3ccc(F)cc3)O2)n1. The molecule has 49 heavy (non-hydrogen) atoms. The van der Waals surface area contributed by atoms with Gasteiger partial charge in [0, 0.05) is 36.8 Å². The van der Waals surface area contributed by atoms with E-state index in [1.54, 1.807) is 0 Å². The number of carbonyl (C=O) groups excluding carboxylic acids is 2. The molecule has 2 amide bonds. The molecule has 0 aliphatic carbocycles. The maximum absolute atomic E-state index is 15.1. The van der Waals surface area contributed by atoms with Crippen molar-refractivity contribution in [1.82, 2.24) is 25.4 Å². The first-order chi connectivity index (χ1) is 23.6. The van der Waals surface area contributed by atoms with Crippen LogP contribution in [0.1, 0.15) is 40.4 Å². The first kappa shape index (κ1) is 35.5. The van der Waals surface area contributed by atoms with Crippen molar-refractivity contribution < 1.29 is 32.2 Å². The maximum atomic E-state index is 15.1. The van der Waals surface area contributed by atoms with Crippen LogP contribution < -0.4 is 21.7 Å². The summed E-state index contributed by atoms with van der Waals surface area (Å²) in [6.45, 7) is 5.73. The minimum atomic E-state index is -1.20. The zero-order valence-corrected chi connectivity index (χ0v) is 27.3. The molecule has 1 fully saturated rings. The van der Waals surface area contributed by atoms with Gasteiger partial charge >= 0.3 is 6.09 Å². The van der Waals surface area contributed by atoms with Crippen molar-refractivity contribution in [2.45, 2.75) is 57.4 Å². The number of nitrogens with one attached hydrogen (secondary N) is 3. The largest absolute Gasteiger partial charge is 0.447 e. The van der Waals surface area contributed by atoms with Crippen molar-refractivity contribution in [2.75, 3.05) is 31.6 Å². The summed E-state index contributed by atoms with van der Waals surface area (Å²) in [7, 11) is 0. The zero-order chi connectivity index (χ0) is 34.9. The Morgan fingerprint density at radius 1 is 1.02 bits per heavy atom. The van der Waals surface area contributed by atoms with E-state index in [9.17, 15) is 18.4 Å². The molecule has 1 aliphatic rings. The van der Waals surface area contributed by atoms with Crippen molar-refractivity contribution in [1.29, 1.82) is 0 Å². The van der Waals surface area contributed by atoms with Gasteiger partial charge in [0.25, 0.3) is 0 Å². The second kappa shape index (κ2) is 16.5. The molecule has 0 bridgehead atoms. The number of benzene rings is 2. The number of hydrogen-bond acceptors (Lipinski definition) is 8. The van der Waals surface area contributed by atoms with E-state index in [0.29, 0.717) is 43.7 Å². The average molecular weight is 680 g/mol. The monoisotopic (exact) mass is 679 g/mol. The summed E-state index contributed by atoms with van der Waals surface area (Å²) in [5.41, 5.74) is 9.84. The molecule has 0 saturated carbocycles. The molecule has 0 radical (unpaired) electrons. The zero-order valence-electron chi connectivity index (χ0n) is 27.3. The van der Waals surface area contributed by atoms with Crippen molar-refractivity contribution in [3.8, 4) is 0 Å². The average Bonchev–Trinajstić information content (AvgIpc) is 3.41. The normalized spacial score (nSPS) is 16.7. The van der Waals surface area contributed by atoms with Gasteiger partial charge in [0.1, 0.15) is 30.2 Å². The van der Waals surface area contributed by atoms with Crippen LogP contribution in [-0.2, 0) is 27.2 Å². The fraction of sp³-hybridized carbons (Fsp3) is 0.371. The summed E-state index contributed by atoms with van der Waals surface area (Å²) < 4.78 is 55.8. The molecule has 5 N–H and O–H groups in total. The Morgan fingerprint density at radius 3 is 2.31 bits per heavy atom. The molecule has 5 rings (SSSR count). The number of carbonyl (C=O) groups is 2. The Kier molecular flexibility index (Phi) is 12.0. The minimum Gasteiger partial charge on any atom is -0.447 e. The van der Waals surface area contributed by atoms with Crippen molar-refractivity contribution in [2.24, 2.45) is 5.73 Å². The number of nitrogens with zero attached hydrogens (tertiary/aromatic N) is 3. The fourth-order valence-electron chi connectivity index (χ4n) is 5.87. The van der Waals surface area contributed by atoms with Gasteiger partial charge in [0.2, 0.25) is 5.91 Å². The molecular formula is C35H40F3N7O4. The molecule has 2 aromatic carbocycles. The molecule has 260 valence electrons. The number of morpholine rings is 1. The van der Waals surface area contributed by atoms with Gasteiger partial charge in [0.05, 0.1) is 42.5 Å². The number of hydrogen-bond donors (Lipinski definition) is 4.